The van der Waals surface area contributed by atoms with E-state index in [1.165, 1.54) is 0 Å². The number of hydrogen-bond acceptors (Lipinski definition) is 4. The van der Waals surface area contributed by atoms with Gasteiger partial charge >= 0.3 is 5.97 Å². The second-order valence-corrected chi connectivity index (χ2v) is 6.67. The molecule has 0 aromatic carbocycles. The highest BCUT2D eigenvalue weighted by Gasteiger charge is 2.34. The van der Waals surface area contributed by atoms with Crippen molar-refractivity contribution < 1.29 is 23.1 Å². The molecule has 0 aromatic heterocycles. The van der Waals surface area contributed by atoms with Crippen molar-refractivity contribution in [3.63, 3.8) is 0 Å². The van der Waals surface area contributed by atoms with Gasteiger partial charge in [0.05, 0.1) is 5.25 Å². The topological polar surface area (TPSA) is 92.7 Å². The highest BCUT2D eigenvalue weighted by atomic mass is 32.2. The van der Waals surface area contributed by atoms with Gasteiger partial charge in [0.2, 0.25) is 10.0 Å². The van der Waals surface area contributed by atoms with Gasteiger partial charge in [0.15, 0.2) is 0 Å². The molecule has 0 amide bonds. The van der Waals surface area contributed by atoms with Crippen LogP contribution in [-0.2, 0) is 19.6 Å². The van der Waals surface area contributed by atoms with Gasteiger partial charge in [-0.15, -0.1) is 0 Å². The lowest BCUT2D eigenvalue weighted by Gasteiger charge is -2.26. The molecule has 1 heterocycles. The number of ether oxygens (including phenoxy) is 1. The van der Waals surface area contributed by atoms with Crippen LogP contribution < -0.4 is 4.72 Å². The van der Waals surface area contributed by atoms with E-state index in [9.17, 15) is 13.2 Å². The molecule has 1 aliphatic rings. The fourth-order valence-electron chi connectivity index (χ4n) is 1.91. The molecule has 1 fully saturated rings. The Bertz CT molecular complexity index is 375. The van der Waals surface area contributed by atoms with E-state index in [0.717, 1.165) is 0 Å². The van der Waals surface area contributed by atoms with Crippen molar-refractivity contribution in [1.82, 2.24) is 4.72 Å². The maximum Gasteiger partial charge on any atom is 0.322 e. The summed E-state index contributed by atoms with van der Waals surface area (Å²) < 4.78 is 31.6. The van der Waals surface area contributed by atoms with Crippen molar-refractivity contribution in [2.24, 2.45) is 5.92 Å². The van der Waals surface area contributed by atoms with Crippen molar-refractivity contribution in [3.05, 3.63) is 0 Å². The van der Waals surface area contributed by atoms with Gasteiger partial charge in [0.25, 0.3) is 0 Å². The summed E-state index contributed by atoms with van der Waals surface area (Å²) in [6.45, 7) is 4.38. The normalized spacial score (nSPS) is 21.4. The third-order valence-corrected chi connectivity index (χ3v) is 5.31. The fraction of sp³-hybridized carbons (Fsp3) is 0.909. The first-order valence-electron chi connectivity index (χ1n) is 6.20. The number of carboxylic acid groups (broad SMARTS) is 1. The molecule has 2 atom stereocenters. The summed E-state index contributed by atoms with van der Waals surface area (Å²) >= 11 is 0. The van der Waals surface area contributed by atoms with E-state index >= 15 is 0 Å². The first-order valence-corrected chi connectivity index (χ1v) is 7.74. The number of carboxylic acids is 1. The predicted molar refractivity (Wildman–Crippen MR) is 66.8 cm³/mol. The Labute approximate surface area is 108 Å². The minimum Gasteiger partial charge on any atom is -0.480 e. The smallest absolute Gasteiger partial charge is 0.322 e. The van der Waals surface area contributed by atoms with Crippen molar-refractivity contribution >= 4 is 16.0 Å². The molecule has 0 unspecified atom stereocenters. The summed E-state index contributed by atoms with van der Waals surface area (Å²) in [6, 6.07) is -1.05. The molecule has 0 aromatic rings. The molecule has 6 nitrogen and oxygen atoms in total. The zero-order chi connectivity index (χ0) is 13.8. The van der Waals surface area contributed by atoms with Crippen LogP contribution >= 0.6 is 0 Å². The first kappa shape index (κ1) is 15.4. The van der Waals surface area contributed by atoms with Gasteiger partial charge in [-0.2, -0.15) is 0 Å². The molecule has 7 heteroatoms. The van der Waals surface area contributed by atoms with Crippen molar-refractivity contribution in [2.75, 3.05) is 13.2 Å². The Morgan fingerprint density at radius 1 is 1.44 bits per heavy atom. The number of aliphatic carboxylic acids is 1. The Kier molecular flexibility index (Phi) is 5.55. The van der Waals surface area contributed by atoms with Crippen LogP contribution in [0, 0.1) is 5.92 Å². The van der Waals surface area contributed by atoms with Crippen LogP contribution in [0.4, 0.5) is 0 Å². The van der Waals surface area contributed by atoms with Crippen LogP contribution in [0.1, 0.15) is 33.1 Å². The summed E-state index contributed by atoms with van der Waals surface area (Å²) in [6.07, 6.45) is 1.44. The van der Waals surface area contributed by atoms with Crippen LogP contribution in [0.15, 0.2) is 0 Å². The third-order valence-electron chi connectivity index (χ3n) is 3.38. The molecule has 1 saturated heterocycles. The molecule has 0 aliphatic carbocycles. The summed E-state index contributed by atoms with van der Waals surface area (Å²) in [5.74, 6) is -1.36. The number of sulfonamides is 1. The number of carbonyl (C=O) groups is 1. The lowest BCUT2D eigenvalue weighted by molar-refractivity contribution is -0.140. The summed E-state index contributed by atoms with van der Waals surface area (Å²) in [5.41, 5.74) is 0. The fourth-order valence-corrected chi connectivity index (χ4v) is 3.60. The lowest BCUT2D eigenvalue weighted by atomic mass is 10.0. The highest BCUT2D eigenvalue weighted by Crippen LogP contribution is 2.17. The molecule has 0 spiro atoms. The predicted octanol–water partition coefficient (Wildman–Crippen LogP) is 0.584. The Morgan fingerprint density at radius 2 is 2.00 bits per heavy atom. The molecular weight excluding hydrogens is 258 g/mol. The molecule has 0 saturated carbocycles. The van der Waals surface area contributed by atoms with E-state index in [0.29, 0.717) is 32.5 Å². The molecule has 106 valence electrons. The maximum atomic E-state index is 12.1. The Hall–Kier alpha value is -0.660. The quantitative estimate of drug-likeness (QED) is 0.742. The maximum absolute atomic E-state index is 12.1. The van der Waals surface area contributed by atoms with E-state index in [4.69, 9.17) is 9.84 Å². The van der Waals surface area contributed by atoms with E-state index in [1.807, 2.05) is 6.92 Å². The SMILES string of the molecule is CC[C@H](C)[C@H](NS(=O)(=O)C1CCOCC1)C(=O)O. The van der Waals surface area contributed by atoms with Crippen LogP contribution in [0.2, 0.25) is 0 Å². The Balaban J connectivity index is 2.75. The minimum absolute atomic E-state index is 0.239. The highest BCUT2D eigenvalue weighted by molar-refractivity contribution is 7.90. The standard InChI is InChI=1S/C11H21NO5S/c1-3-8(2)10(11(13)14)12-18(15,16)9-4-6-17-7-5-9/h8-10,12H,3-7H2,1-2H3,(H,13,14)/t8-,10-/m0/s1. The van der Waals surface area contributed by atoms with Crippen molar-refractivity contribution in [2.45, 2.75) is 44.4 Å². The molecule has 2 N–H and O–H groups in total. The summed E-state index contributed by atoms with van der Waals surface area (Å²) in [4.78, 5) is 11.1. The lowest BCUT2D eigenvalue weighted by Crippen LogP contribution is -2.49. The Morgan fingerprint density at radius 3 is 2.44 bits per heavy atom. The van der Waals surface area contributed by atoms with Gasteiger partial charge in [-0.05, 0) is 18.8 Å². The zero-order valence-electron chi connectivity index (χ0n) is 10.8. The van der Waals surface area contributed by atoms with E-state index < -0.39 is 27.3 Å². The van der Waals surface area contributed by atoms with Gasteiger partial charge in [0, 0.05) is 13.2 Å². The zero-order valence-corrected chi connectivity index (χ0v) is 11.6. The van der Waals surface area contributed by atoms with Crippen molar-refractivity contribution in [1.29, 1.82) is 0 Å². The van der Waals surface area contributed by atoms with E-state index in [1.54, 1.807) is 6.92 Å². The monoisotopic (exact) mass is 279 g/mol. The summed E-state index contributed by atoms with van der Waals surface area (Å²) in [7, 11) is -3.59. The molecule has 0 radical (unpaired) electrons. The average molecular weight is 279 g/mol. The van der Waals surface area contributed by atoms with Crippen LogP contribution in [0.3, 0.4) is 0 Å². The largest absolute Gasteiger partial charge is 0.480 e. The van der Waals surface area contributed by atoms with Crippen LogP contribution in [-0.4, -0.2) is 44.0 Å². The number of nitrogens with one attached hydrogen (secondary N) is 1. The number of rotatable bonds is 6. The molecular formula is C11H21NO5S. The van der Waals surface area contributed by atoms with E-state index in [2.05, 4.69) is 4.72 Å². The van der Waals surface area contributed by atoms with Crippen LogP contribution in [0.25, 0.3) is 0 Å². The van der Waals surface area contributed by atoms with Gasteiger partial charge in [-0.25, -0.2) is 13.1 Å². The minimum atomic E-state index is -3.59. The first-order chi connectivity index (χ1) is 8.38. The second-order valence-electron chi connectivity index (χ2n) is 4.68. The van der Waals surface area contributed by atoms with E-state index in [-0.39, 0.29) is 5.92 Å². The third kappa shape index (κ3) is 3.93. The molecule has 1 aliphatic heterocycles. The summed E-state index contributed by atoms with van der Waals surface area (Å²) in [5, 5.41) is 8.54. The number of hydrogen-bond donors (Lipinski definition) is 2. The van der Waals surface area contributed by atoms with Gasteiger partial charge in [0.1, 0.15) is 6.04 Å². The molecule has 1 rings (SSSR count). The molecule has 18 heavy (non-hydrogen) atoms. The van der Waals surface area contributed by atoms with Gasteiger partial charge in [-0.1, -0.05) is 20.3 Å². The average Bonchev–Trinajstić information content (AvgIpc) is 2.36. The van der Waals surface area contributed by atoms with Crippen molar-refractivity contribution in [3.8, 4) is 0 Å². The second kappa shape index (κ2) is 6.49. The van der Waals surface area contributed by atoms with Crippen LogP contribution in [0.5, 0.6) is 0 Å². The molecule has 0 bridgehead atoms. The van der Waals surface area contributed by atoms with Gasteiger partial charge < -0.3 is 9.84 Å². The van der Waals surface area contributed by atoms with Gasteiger partial charge in [-0.3, -0.25) is 4.79 Å².